The molecule has 2 aromatic rings. The van der Waals surface area contributed by atoms with Gasteiger partial charge in [0.25, 0.3) is 0 Å². The molecule has 3 nitrogen and oxygen atoms in total. The fraction of sp³-hybridized carbons (Fsp3) is 0.435. The Balaban J connectivity index is 1.86. The maximum atomic E-state index is 12.7. The first kappa shape index (κ1) is 20.3. The Hall–Kier alpha value is -2.43. The second-order valence-corrected chi connectivity index (χ2v) is 7.59. The smallest absolute Gasteiger partial charge is 0.387 e. The molecule has 0 spiro atoms. The summed E-state index contributed by atoms with van der Waals surface area (Å²) in [6.07, 6.45) is 5.17. The molecule has 5 heteroatoms. The van der Waals surface area contributed by atoms with Crippen molar-refractivity contribution in [2.45, 2.75) is 57.5 Å². The van der Waals surface area contributed by atoms with E-state index in [0.717, 1.165) is 31.2 Å². The molecule has 0 heterocycles. The second-order valence-electron chi connectivity index (χ2n) is 7.59. The number of aliphatic carboxylic acids is 1. The van der Waals surface area contributed by atoms with Crippen molar-refractivity contribution in [1.29, 1.82) is 0 Å². The Morgan fingerprint density at radius 3 is 2.36 bits per heavy atom. The summed E-state index contributed by atoms with van der Waals surface area (Å²) >= 11 is 0. The normalized spacial score (nSPS) is 22.2. The number of rotatable bonds is 7. The summed E-state index contributed by atoms with van der Waals surface area (Å²) in [5, 5.41) is 9.29. The fourth-order valence-electron chi connectivity index (χ4n) is 4.49. The number of benzene rings is 2. The second kappa shape index (κ2) is 8.72. The van der Waals surface area contributed by atoms with E-state index in [-0.39, 0.29) is 17.1 Å². The van der Waals surface area contributed by atoms with E-state index in [2.05, 4.69) is 23.8 Å². The molecule has 1 N–H and O–H groups in total. The van der Waals surface area contributed by atoms with Crippen LogP contribution in [0.5, 0.6) is 5.75 Å². The minimum Gasteiger partial charge on any atom is -0.481 e. The van der Waals surface area contributed by atoms with Gasteiger partial charge in [-0.05, 0) is 54.7 Å². The van der Waals surface area contributed by atoms with Gasteiger partial charge in [0, 0.05) is 5.56 Å². The Kier molecular flexibility index (Phi) is 6.32. The number of carbonyl (C=O) groups is 1. The summed E-state index contributed by atoms with van der Waals surface area (Å²) in [7, 11) is 0. The summed E-state index contributed by atoms with van der Waals surface area (Å²) < 4.78 is 30.0. The van der Waals surface area contributed by atoms with E-state index in [4.69, 9.17) is 0 Å². The van der Waals surface area contributed by atoms with Gasteiger partial charge in [-0.15, -0.1) is 0 Å². The van der Waals surface area contributed by atoms with Crippen LogP contribution in [-0.4, -0.2) is 17.7 Å². The van der Waals surface area contributed by atoms with E-state index in [1.165, 1.54) is 5.56 Å². The Morgan fingerprint density at radius 2 is 1.79 bits per heavy atom. The first-order valence-corrected chi connectivity index (χ1v) is 9.83. The lowest BCUT2D eigenvalue weighted by atomic mass is 9.64. The van der Waals surface area contributed by atoms with Crippen LogP contribution in [0.15, 0.2) is 48.5 Å². The largest absolute Gasteiger partial charge is 0.481 e. The molecule has 1 fully saturated rings. The van der Waals surface area contributed by atoms with Gasteiger partial charge in [-0.25, -0.2) is 0 Å². The van der Waals surface area contributed by atoms with Crippen LogP contribution in [-0.2, 0) is 10.2 Å². The molecule has 1 aliphatic carbocycles. The number of carboxylic acid groups (broad SMARTS) is 1. The van der Waals surface area contributed by atoms with Crippen molar-refractivity contribution in [3.05, 3.63) is 54.1 Å². The van der Waals surface area contributed by atoms with E-state index in [9.17, 15) is 18.7 Å². The van der Waals surface area contributed by atoms with Gasteiger partial charge in [-0.3, -0.25) is 4.79 Å². The van der Waals surface area contributed by atoms with Crippen molar-refractivity contribution >= 4 is 5.97 Å². The molecular weight excluding hydrogens is 362 g/mol. The molecule has 0 aromatic heterocycles. The maximum Gasteiger partial charge on any atom is 0.387 e. The maximum absolute atomic E-state index is 12.7. The predicted octanol–water partition coefficient (Wildman–Crippen LogP) is 6.27. The monoisotopic (exact) mass is 388 g/mol. The summed E-state index contributed by atoms with van der Waals surface area (Å²) in [4.78, 5) is 11.3. The van der Waals surface area contributed by atoms with Gasteiger partial charge in [0.1, 0.15) is 5.75 Å². The zero-order valence-electron chi connectivity index (χ0n) is 16.0. The quantitative estimate of drug-likeness (QED) is 0.608. The third-order valence-electron chi connectivity index (χ3n) is 5.93. The summed E-state index contributed by atoms with van der Waals surface area (Å²) in [6, 6.07) is 14.8. The SMILES string of the molecule is CCCC1(c2ccc(-c3ccccc3OC(F)F)cc2)CCC(C(=O)O)CC1. The number of alkyl halides is 2. The van der Waals surface area contributed by atoms with E-state index in [1.807, 2.05) is 12.1 Å². The molecule has 0 radical (unpaired) electrons. The van der Waals surface area contributed by atoms with E-state index >= 15 is 0 Å². The molecular formula is C23H26F2O3. The minimum atomic E-state index is -2.86. The lowest BCUT2D eigenvalue weighted by Crippen LogP contribution is -2.34. The molecule has 0 bridgehead atoms. The first-order chi connectivity index (χ1) is 13.4. The van der Waals surface area contributed by atoms with Crippen molar-refractivity contribution in [2.75, 3.05) is 0 Å². The number of hydrogen-bond acceptors (Lipinski definition) is 2. The molecule has 3 rings (SSSR count). The minimum absolute atomic E-state index is 0.00177. The highest BCUT2D eigenvalue weighted by atomic mass is 19.3. The topological polar surface area (TPSA) is 46.5 Å². The van der Waals surface area contributed by atoms with Crippen molar-refractivity contribution in [2.24, 2.45) is 5.92 Å². The van der Waals surface area contributed by atoms with E-state index in [1.54, 1.807) is 24.3 Å². The molecule has 0 saturated heterocycles. The number of halogens is 2. The number of ether oxygens (including phenoxy) is 1. The highest BCUT2D eigenvalue weighted by Gasteiger charge is 2.38. The lowest BCUT2D eigenvalue weighted by molar-refractivity contribution is -0.143. The average molecular weight is 388 g/mol. The molecule has 28 heavy (non-hydrogen) atoms. The predicted molar refractivity (Wildman–Crippen MR) is 105 cm³/mol. The Morgan fingerprint density at radius 1 is 1.14 bits per heavy atom. The highest BCUT2D eigenvalue weighted by molar-refractivity contribution is 5.71. The number of para-hydroxylation sites is 1. The molecule has 150 valence electrons. The van der Waals surface area contributed by atoms with Crippen LogP contribution < -0.4 is 4.74 Å². The summed E-state index contributed by atoms with van der Waals surface area (Å²) in [6.45, 7) is -0.713. The Bertz CT molecular complexity index is 794. The van der Waals surface area contributed by atoms with Crippen LogP contribution in [0.4, 0.5) is 8.78 Å². The van der Waals surface area contributed by atoms with Gasteiger partial charge in [-0.1, -0.05) is 55.8 Å². The van der Waals surface area contributed by atoms with Crippen LogP contribution in [0, 0.1) is 5.92 Å². The zero-order valence-corrected chi connectivity index (χ0v) is 16.0. The van der Waals surface area contributed by atoms with E-state index in [0.29, 0.717) is 18.4 Å². The van der Waals surface area contributed by atoms with Crippen LogP contribution in [0.3, 0.4) is 0 Å². The molecule has 1 saturated carbocycles. The van der Waals surface area contributed by atoms with Gasteiger partial charge < -0.3 is 9.84 Å². The van der Waals surface area contributed by atoms with Crippen LogP contribution in [0.25, 0.3) is 11.1 Å². The Labute approximate surface area is 164 Å². The molecule has 0 unspecified atom stereocenters. The van der Waals surface area contributed by atoms with Crippen molar-refractivity contribution in [1.82, 2.24) is 0 Å². The third-order valence-corrected chi connectivity index (χ3v) is 5.93. The van der Waals surface area contributed by atoms with Crippen LogP contribution >= 0.6 is 0 Å². The van der Waals surface area contributed by atoms with Gasteiger partial charge in [0.2, 0.25) is 0 Å². The lowest BCUT2D eigenvalue weighted by Gasteiger charge is -2.40. The van der Waals surface area contributed by atoms with Crippen LogP contribution in [0.2, 0.25) is 0 Å². The molecule has 0 amide bonds. The van der Waals surface area contributed by atoms with Crippen molar-refractivity contribution in [3.8, 4) is 16.9 Å². The van der Waals surface area contributed by atoms with Gasteiger partial charge in [0.15, 0.2) is 0 Å². The number of hydrogen-bond donors (Lipinski definition) is 1. The van der Waals surface area contributed by atoms with Crippen molar-refractivity contribution in [3.63, 3.8) is 0 Å². The molecule has 0 atom stereocenters. The first-order valence-electron chi connectivity index (χ1n) is 9.83. The number of carboxylic acids is 1. The molecule has 1 aliphatic rings. The standard InChI is InChI=1S/C23H26F2O3/c1-2-13-23(14-11-17(12-15-23)21(26)27)18-9-7-16(8-10-18)19-5-3-4-6-20(19)28-22(24)25/h3-10,17,22H,2,11-15H2,1H3,(H,26,27). The average Bonchev–Trinajstić information content (AvgIpc) is 2.69. The van der Waals surface area contributed by atoms with E-state index < -0.39 is 12.6 Å². The van der Waals surface area contributed by atoms with Gasteiger partial charge >= 0.3 is 12.6 Å². The van der Waals surface area contributed by atoms with Gasteiger partial charge in [0.05, 0.1) is 5.92 Å². The zero-order chi connectivity index (χ0) is 20.1. The highest BCUT2D eigenvalue weighted by Crippen LogP contribution is 2.45. The molecule has 0 aliphatic heterocycles. The summed E-state index contributed by atoms with van der Waals surface area (Å²) in [5.74, 6) is -0.783. The van der Waals surface area contributed by atoms with Crippen LogP contribution in [0.1, 0.15) is 51.0 Å². The summed E-state index contributed by atoms with van der Waals surface area (Å²) in [5.41, 5.74) is 2.66. The molecule has 2 aromatic carbocycles. The van der Waals surface area contributed by atoms with Crippen molar-refractivity contribution < 1.29 is 23.4 Å². The van der Waals surface area contributed by atoms with Gasteiger partial charge in [-0.2, -0.15) is 8.78 Å². The fourth-order valence-corrected chi connectivity index (χ4v) is 4.49. The third kappa shape index (κ3) is 4.34.